The van der Waals surface area contributed by atoms with Gasteiger partial charge >= 0.3 is 6.03 Å². The predicted molar refractivity (Wildman–Crippen MR) is 93.3 cm³/mol. The lowest BCUT2D eigenvalue weighted by Gasteiger charge is -2.19. The zero-order valence-corrected chi connectivity index (χ0v) is 13.9. The summed E-state index contributed by atoms with van der Waals surface area (Å²) in [5.41, 5.74) is 1.50. The lowest BCUT2D eigenvalue weighted by atomic mass is 10.1. The van der Waals surface area contributed by atoms with Crippen LogP contribution in [0.3, 0.4) is 0 Å². The van der Waals surface area contributed by atoms with Crippen LogP contribution in [-0.2, 0) is 10.8 Å². The fraction of sp³-hybridized carbons (Fsp3) is 0.235. The van der Waals surface area contributed by atoms with Crippen molar-refractivity contribution < 1.29 is 13.7 Å². The Morgan fingerprint density at radius 1 is 1.13 bits per heavy atom. The molecule has 2 amide bonds. The number of anilines is 1. The number of carbonyl (C=O) groups excluding carboxylic acids is 1. The van der Waals surface area contributed by atoms with Gasteiger partial charge in [0.1, 0.15) is 5.75 Å². The van der Waals surface area contributed by atoms with Crippen molar-refractivity contribution in [2.45, 2.75) is 6.04 Å². The molecule has 0 aliphatic carbocycles. The summed E-state index contributed by atoms with van der Waals surface area (Å²) >= 11 is 0. The highest BCUT2D eigenvalue weighted by Crippen LogP contribution is 2.23. The molecule has 0 unspecified atom stereocenters. The summed E-state index contributed by atoms with van der Waals surface area (Å²) in [6.07, 6.45) is 1.62. The summed E-state index contributed by atoms with van der Waals surface area (Å²) in [6, 6.07) is 16.0. The Bertz CT molecular complexity index is 677. The Kier molecular flexibility index (Phi) is 6.17. The van der Waals surface area contributed by atoms with Crippen LogP contribution in [0.15, 0.2) is 54.6 Å². The standard InChI is InChI=1S/C17H20N2O3S/c1-22-16-11-7-6-10-14(16)18-17(20)19-15(12-23(2)21)13-8-4-3-5-9-13/h3-11,15H,12H2,1-2H3,(H2,18,19,20)/t15-,23+/m1/s1. The highest BCUT2D eigenvalue weighted by molar-refractivity contribution is 7.84. The van der Waals surface area contributed by atoms with Crippen molar-refractivity contribution in [1.29, 1.82) is 0 Å². The first-order valence-corrected chi connectivity index (χ1v) is 8.88. The maximum atomic E-state index is 12.3. The molecule has 5 nitrogen and oxygen atoms in total. The maximum Gasteiger partial charge on any atom is 0.319 e. The first-order valence-electron chi connectivity index (χ1n) is 7.15. The molecular formula is C17H20N2O3S. The van der Waals surface area contributed by atoms with Gasteiger partial charge in [-0.15, -0.1) is 0 Å². The SMILES string of the molecule is COc1ccccc1NC(=O)N[C@H](C[S@](C)=O)c1ccccc1. The van der Waals surface area contributed by atoms with E-state index in [2.05, 4.69) is 10.6 Å². The third-order valence-corrected chi connectivity index (χ3v) is 4.07. The molecule has 0 saturated carbocycles. The molecule has 0 radical (unpaired) electrons. The summed E-state index contributed by atoms with van der Waals surface area (Å²) in [4.78, 5) is 12.3. The van der Waals surface area contributed by atoms with Gasteiger partial charge in [-0.1, -0.05) is 42.5 Å². The number of carbonyl (C=O) groups is 1. The first kappa shape index (κ1) is 17.0. The van der Waals surface area contributed by atoms with Crippen LogP contribution in [0.4, 0.5) is 10.5 Å². The van der Waals surface area contributed by atoms with Crippen LogP contribution in [-0.4, -0.2) is 29.4 Å². The number of ether oxygens (including phenoxy) is 1. The average molecular weight is 332 g/mol. The van der Waals surface area contributed by atoms with Gasteiger partial charge in [-0.3, -0.25) is 4.21 Å². The van der Waals surface area contributed by atoms with Gasteiger partial charge in [0, 0.05) is 22.8 Å². The average Bonchev–Trinajstić information content (AvgIpc) is 2.55. The Morgan fingerprint density at radius 2 is 1.78 bits per heavy atom. The topological polar surface area (TPSA) is 67.4 Å². The largest absolute Gasteiger partial charge is 0.495 e. The van der Waals surface area contributed by atoms with Crippen LogP contribution in [0, 0.1) is 0 Å². The van der Waals surface area contributed by atoms with Gasteiger partial charge in [-0.25, -0.2) is 4.79 Å². The van der Waals surface area contributed by atoms with Gasteiger partial charge < -0.3 is 15.4 Å². The van der Waals surface area contributed by atoms with Crippen molar-refractivity contribution >= 4 is 22.5 Å². The van der Waals surface area contributed by atoms with Crippen LogP contribution in [0.1, 0.15) is 11.6 Å². The lowest BCUT2D eigenvalue weighted by molar-refractivity contribution is 0.249. The van der Waals surface area contributed by atoms with E-state index in [1.54, 1.807) is 25.5 Å². The van der Waals surface area contributed by atoms with Crippen LogP contribution >= 0.6 is 0 Å². The Balaban J connectivity index is 2.10. The zero-order chi connectivity index (χ0) is 16.7. The number of nitrogens with one attached hydrogen (secondary N) is 2. The molecule has 2 aromatic rings. The molecule has 0 aliphatic heterocycles. The van der Waals surface area contributed by atoms with Crippen molar-refractivity contribution in [3.63, 3.8) is 0 Å². The molecule has 0 bridgehead atoms. The quantitative estimate of drug-likeness (QED) is 0.855. The normalized spacial score (nSPS) is 13.0. The van der Waals surface area contributed by atoms with Gasteiger partial charge in [0.25, 0.3) is 0 Å². The number of methoxy groups -OCH3 is 1. The van der Waals surface area contributed by atoms with E-state index in [1.165, 1.54) is 0 Å². The van der Waals surface area contributed by atoms with Gasteiger partial charge in [0.2, 0.25) is 0 Å². The first-order chi connectivity index (χ1) is 11.1. The minimum absolute atomic E-state index is 0.322. The third-order valence-electron chi connectivity index (χ3n) is 3.26. The lowest BCUT2D eigenvalue weighted by Crippen LogP contribution is -2.35. The van der Waals surface area contributed by atoms with Gasteiger partial charge in [-0.2, -0.15) is 0 Å². The molecule has 6 heteroatoms. The van der Waals surface area contributed by atoms with Gasteiger partial charge in [0.15, 0.2) is 0 Å². The third kappa shape index (κ3) is 5.10. The molecule has 23 heavy (non-hydrogen) atoms. The van der Waals surface area contributed by atoms with Crippen molar-refractivity contribution in [3.05, 3.63) is 60.2 Å². The minimum Gasteiger partial charge on any atom is -0.495 e. The number of amides is 2. The second-order valence-corrected chi connectivity index (χ2v) is 6.48. The van der Waals surface area contributed by atoms with E-state index >= 15 is 0 Å². The van der Waals surface area contributed by atoms with E-state index in [-0.39, 0.29) is 12.1 Å². The number of benzene rings is 2. The van der Waals surface area contributed by atoms with Crippen molar-refractivity contribution in [3.8, 4) is 5.75 Å². The molecule has 0 spiro atoms. The maximum absolute atomic E-state index is 12.3. The van der Waals surface area contributed by atoms with Crippen molar-refractivity contribution in [2.24, 2.45) is 0 Å². The van der Waals surface area contributed by atoms with Gasteiger partial charge in [-0.05, 0) is 17.7 Å². The second-order valence-electron chi connectivity index (χ2n) is 5.00. The van der Waals surface area contributed by atoms with Crippen LogP contribution in [0.5, 0.6) is 5.75 Å². The van der Waals surface area contributed by atoms with Crippen molar-refractivity contribution in [1.82, 2.24) is 5.32 Å². The molecular weight excluding hydrogens is 312 g/mol. The fourth-order valence-electron chi connectivity index (χ4n) is 2.21. The second kappa shape index (κ2) is 8.33. The molecule has 2 rings (SSSR count). The predicted octanol–water partition coefficient (Wildman–Crippen LogP) is 2.94. The fourth-order valence-corrected chi connectivity index (χ4v) is 2.95. The number of hydrogen-bond donors (Lipinski definition) is 2. The molecule has 0 aromatic heterocycles. The minimum atomic E-state index is -1.03. The van der Waals surface area contributed by atoms with Crippen molar-refractivity contribution in [2.75, 3.05) is 24.4 Å². The van der Waals surface area contributed by atoms with E-state index in [4.69, 9.17) is 4.74 Å². The summed E-state index contributed by atoms with van der Waals surface area (Å²) in [7, 11) is 0.515. The Hall–Kier alpha value is -2.34. The van der Waals surface area contributed by atoms with Crippen LogP contribution in [0.2, 0.25) is 0 Å². The van der Waals surface area contributed by atoms with E-state index in [0.717, 1.165) is 5.56 Å². The number of urea groups is 1. The molecule has 0 heterocycles. The van der Waals surface area contributed by atoms with E-state index in [9.17, 15) is 9.00 Å². The number of para-hydroxylation sites is 2. The van der Waals surface area contributed by atoms with E-state index in [1.807, 2.05) is 42.5 Å². The van der Waals surface area contributed by atoms with E-state index < -0.39 is 10.8 Å². The summed E-state index contributed by atoms with van der Waals surface area (Å²) in [5.74, 6) is 0.932. The highest BCUT2D eigenvalue weighted by Gasteiger charge is 2.16. The zero-order valence-electron chi connectivity index (χ0n) is 13.1. The smallest absolute Gasteiger partial charge is 0.319 e. The monoisotopic (exact) mass is 332 g/mol. The Labute approximate surface area is 138 Å². The molecule has 0 fully saturated rings. The molecule has 2 atom stereocenters. The molecule has 0 saturated heterocycles. The molecule has 2 N–H and O–H groups in total. The number of hydrogen-bond acceptors (Lipinski definition) is 3. The summed E-state index contributed by atoms with van der Waals surface area (Å²) < 4.78 is 16.8. The number of rotatable bonds is 6. The highest BCUT2D eigenvalue weighted by atomic mass is 32.2. The van der Waals surface area contributed by atoms with E-state index in [0.29, 0.717) is 17.2 Å². The van der Waals surface area contributed by atoms with Crippen LogP contribution < -0.4 is 15.4 Å². The summed E-state index contributed by atoms with van der Waals surface area (Å²) in [6.45, 7) is 0. The molecule has 0 aliphatic rings. The summed E-state index contributed by atoms with van der Waals surface area (Å²) in [5, 5.41) is 5.63. The molecule has 2 aromatic carbocycles. The Morgan fingerprint density at radius 3 is 2.43 bits per heavy atom. The van der Waals surface area contributed by atoms with Crippen LogP contribution in [0.25, 0.3) is 0 Å². The molecule has 122 valence electrons. The van der Waals surface area contributed by atoms with Gasteiger partial charge in [0.05, 0.1) is 18.8 Å².